The van der Waals surface area contributed by atoms with Crippen molar-refractivity contribution in [3.05, 3.63) is 109 Å². The number of nitrogens with zero attached hydrogens (tertiary/aromatic N) is 4. The summed E-state index contributed by atoms with van der Waals surface area (Å²) in [5.74, 6) is 0.957. The van der Waals surface area contributed by atoms with Crippen LogP contribution in [0.15, 0.2) is 109 Å². The van der Waals surface area contributed by atoms with Crippen molar-refractivity contribution in [3.63, 3.8) is 0 Å². The van der Waals surface area contributed by atoms with E-state index in [0.29, 0.717) is 0 Å². The van der Waals surface area contributed by atoms with Crippen LogP contribution < -0.4 is 0 Å². The maximum Gasteiger partial charge on any atom is 0.220 e. The third-order valence-corrected chi connectivity index (χ3v) is 7.26. The van der Waals surface area contributed by atoms with Gasteiger partial charge in [-0.2, -0.15) is 0 Å². The molecular formula is C31H22N4. The van der Waals surface area contributed by atoms with Gasteiger partial charge in [0.15, 0.2) is 0 Å². The highest BCUT2D eigenvalue weighted by Gasteiger charge is 2.19. The molecular weight excluding hydrogens is 428 g/mol. The standard InChI is InChI=1S/C31H22N4/c1-2-10-21(11-3-1)34-29-19-18-22(20-30(29)35-28-17-9-6-14-25(28)32-31(34)35)33-26-15-7-4-12-23(26)24-13-5-8-16-27(24)33/h2,4-20H,1,3H2. The summed E-state index contributed by atoms with van der Waals surface area (Å²) in [6, 6.07) is 32.6. The molecule has 0 spiro atoms. The van der Waals surface area contributed by atoms with Crippen molar-refractivity contribution in [2.75, 3.05) is 0 Å². The molecule has 3 heterocycles. The number of hydrogen-bond donors (Lipinski definition) is 0. The molecule has 0 unspecified atom stereocenters. The van der Waals surface area contributed by atoms with Crippen LogP contribution in [0.2, 0.25) is 0 Å². The average Bonchev–Trinajstić information content (AvgIpc) is 3.55. The van der Waals surface area contributed by atoms with E-state index in [-0.39, 0.29) is 0 Å². The zero-order valence-corrected chi connectivity index (χ0v) is 19.1. The Morgan fingerprint density at radius 2 is 1.31 bits per heavy atom. The van der Waals surface area contributed by atoms with Gasteiger partial charge in [-0.1, -0.05) is 60.7 Å². The topological polar surface area (TPSA) is 27.2 Å². The van der Waals surface area contributed by atoms with Crippen molar-refractivity contribution in [1.29, 1.82) is 0 Å². The molecule has 0 aliphatic heterocycles. The smallest absolute Gasteiger partial charge is 0.220 e. The van der Waals surface area contributed by atoms with Crippen LogP contribution in [0, 0.1) is 0 Å². The van der Waals surface area contributed by atoms with Crippen LogP contribution in [0.4, 0.5) is 0 Å². The molecule has 1 aliphatic rings. The van der Waals surface area contributed by atoms with E-state index >= 15 is 0 Å². The molecule has 0 amide bonds. The van der Waals surface area contributed by atoms with Gasteiger partial charge < -0.3 is 4.57 Å². The van der Waals surface area contributed by atoms with Crippen molar-refractivity contribution >= 4 is 55.3 Å². The van der Waals surface area contributed by atoms with Gasteiger partial charge in [-0.15, -0.1) is 0 Å². The van der Waals surface area contributed by atoms with Crippen LogP contribution in [-0.4, -0.2) is 18.5 Å². The second-order valence-electron chi connectivity index (χ2n) is 9.22. The lowest BCUT2D eigenvalue weighted by Crippen LogP contribution is -1.98. The molecule has 166 valence electrons. The van der Waals surface area contributed by atoms with Gasteiger partial charge >= 0.3 is 0 Å². The summed E-state index contributed by atoms with van der Waals surface area (Å²) in [4.78, 5) is 5.06. The maximum atomic E-state index is 5.06. The van der Waals surface area contributed by atoms with E-state index in [9.17, 15) is 0 Å². The minimum absolute atomic E-state index is 0.957. The van der Waals surface area contributed by atoms with E-state index in [1.807, 2.05) is 0 Å². The fraction of sp³-hybridized carbons (Fsp3) is 0.0645. The zero-order chi connectivity index (χ0) is 22.9. The predicted octanol–water partition coefficient (Wildman–Crippen LogP) is 7.73. The van der Waals surface area contributed by atoms with Gasteiger partial charge in [-0.3, -0.25) is 8.97 Å². The largest absolute Gasteiger partial charge is 0.309 e. The van der Waals surface area contributed by atoms with E-state index in [2.05, 4.69) is 123 Å². The van der Waals surface area contributed by atoms with Gasteiger partial charge in [0.25, 0.3) is 0 Å². The van der Waals surface area contributed by atoms with E-state index in [4.69, 9.17) is 4.98 Å². The molecule has 4 aromatic carbocycles. The molecule has 3 aromatic heterocycles. The summed E-state index contributed by atoms with van der Waals surface area (Å²) in [6.45, 7) is 0. The molecule has 0 radical (unpaired) electrons. The number of aromatic nitrogens is 4. The Hall–Kier alpha value is -4.57. The van der Waals surface area contributed by atoms with Gasteiger partial charge in [0, 0.05) is 22.2 Å². The summed E-state index contributed by atoms with van der Waals surface area (Å²) in [7, 11) is 0. The summed E-state index contributed by atoms with van der Waals surface area (Å²) >= 11 is 0. The van der Waals surface area contributed by atoms with Crippen molar-refractivity contribution in [2.24, 2.45) is 0 Å². The lowest BCUT2D eigenvalue weighted by atomic mass is 10.1. The summed E-state index contributed by atoms with van der Waals surface area (Å²) in [6.07, 6.45) is 8.94. The number of fused-ring (bicyclic) bond motifs is 8. The molecule has 4 heteroatoms. The van der Waals surface area contributed by atoms with Gasteiger partial charge in [-0.25, -0.2) is 4.98 Å². The normalized spacial score (nSPS) is 14.1. The summed E-state index contributed by atoms with van der Waals surface area (Å²) < 4.78 is 7.00. The lowest BCUT2D eigenvalue weighted by molar-refractivity contribution is 1.01. The van der Waals surface area contributed by atoms with Crippen LogP contribution in [0.3, 0.4) is 0 Å². The Morgan fingerprint density at radius 3 is 2.06 bits per heavy atom. The lowest BCUT2D eigenvalue weighted by Gasteiger charge is -2.11. The Kier molecular flexibility index (Phi) is 3.74. The van der Waals surface area contributed by atoms with Crippen molar-refractivity contribution in [2.45, 2.75) is 12.8 Å². The van der Waals surface area contributed by atoms with Crippen molar-refractivity contribution in [1.82, 2.24) is 18.5 Å². The highest BCUT2D eigenvalue weighted by atomic mass is 15.2. The van der Waals surface area contributed by atoms with E-state index in [1.165, 1.54) is 33.0 Å². The number of rotatable bonds is 2. The highest BCUT2D eigenvalue weighted by Crippen LogP contribution is 2.35. The van der Waals surface area contributed by atoms with Crippen LogP contribution in [-0.2, 0) is 0 Å². The Morgan fingerprint density at radius 1 is 0.600 bits per heavy atom. The first-order chi connectivity index (χ1) is 17.4. The zero-order valence-electron chi connectivity index (χ0n) is 19.1. The molecule has 0 N–H and O–H groups in total. The highest BCUT2D eigenvalue weighted by molar-refractivity contribution is 6.09. The third-order valence-electron chi connectivity index (χ3n) is 7.26. The number of benzene rings is 4. The maximum absolute atomic E-state index is 5.06. The minimum Gasteiger partial charge on any atom is -0.309 e. The van der Waals surface area contributed by atoms with E-state index < -0.39 is 0 Å². The minimum atomic E-state index is 0.957. The molecule has 0 bridgehead atoms. The molecule has 0 atom stereocenters. The van der Waals surface area contributed by atoms with Crippen LogP contribution >= 0.6 is 0 Å². The molecule has 0 saturated heterocycles. The number of hydrogen-bond acceptors (Lipinski definition) is 1. The second-order valence-corrected chi connectivity index (χ2v) is 9.22. The monoisotopic (exact) mass is 450 g/mol. The van der Waals surface area contributed by atoms with Crippen LogP contribution in [0.1, 0.15) is 12.8 Å². The molecule has 0 fully saturated rings. The van der Waals surface area contributed by atoms with Crippen LogP contribution in [0.25, 0.3) is 61.0 Å². The first-order valence-corrected chi connectivity index (χ1v) is 12.2. The molecule has 8 rings (SSSR count). The fourth-order valence-corrected chi connectivity index (χ4v) is 5.75. The van der Waals surface area contributed by atoms with Gasteiger partial charge in [0.2, 0.25) is 5.78 Å². The van der Waals surface area contributed by atoms with Crippen molar-refractivity contribution in [3.8, 4) is 5.69 Å². The van der Waals surface area contributed by atoms with Gasteiger partial charge in [0.1, 0.15) is 0 Å². The number of imidazole rings is 2. The molecule has 1 aliphatic carbocycles. The quantitative estimate of drug-likeness (QED) is 0.265. The molecule has 4 nitrogen and oxygen atoms in total. The van der Waals surface area contributed by atoms with Gasteiger partial charge in [-0.05, 0) is 61.4 Å². The second kappa shape index (κ2) is 6.97. The van der Waals surface area contributed by atoms with Crippen molar-refractivity contribution < 1.29 is 0 Å². The summed E-state index contributed by atoms with van der Waals surface area (Å²) in [5, 5.41) is 2.55. The molecule has 0 saturated carbocycles. The van der Waals surface area contributed by atoms with Crippen LogP contribution in [0.5, 0.6) is 0 Å². The molecule has 35 heavy (non-hydrogen) atoms. The first kappa shape index (κ1) is 18.8. The predicted molar refractivity (Wildman–Crippen MR) is 145 cm³/mol. The summed E-state index contributed by atoms with van der Waals surface area (Å²) in [5.41, 5.74) is 9.26. The first-order valence-electron chi connectivity index (χ1n) is 12.2. The number of para-hydroxylation sites is 4. The van der Waals surface area contributed by atoms with Gasteiger partial charge in [0.05, 0.1) is 33.1 Å². The Labute approximate surface area is 201 Å². The average molecular weight is 451 g/mol. The SMILES string of the molecule is C1=CC(n2c3ccc(-n4c5ccccc5c5ccccc54)cc3n3c4ccccc4nc23)=CCC1. The molecule has 7 aromatic rings. The van der Waals surface area contributed by atoms with E-state index in [0.717, 1.165) is 40.9 Å². The Balaban J connectivity index is 1.51. The van der Waals surface area contributed by atoms with E-state index in [1.54, 1.807) is 0 Å². The third kappa shape index (κ3) is 2.54. The Bertz CT molecular complexity index is 1960. The fourth-order valence-electron chi connectivity index (χ4n) is 5.75. The number of allylic oxidation sites excluding steroid dienone is 4.